The maximum Gasteiger partial charge on any atom is 0.484 e. The minimum absolute atomic E-state index is 0. The van der Waals surface area contributed by atoms with E-state index in [1.165, 1.54) is 6.20 Å². The first-order valence-electron chi connectivity index (χ1n) is 15.5. The van der Waals surface area contributed by atoms with Crippen molar-refractivity contribution in [3.05, 3.63) is 41.7 Å². The molecule has 2 aromatic rings. The van der Waals surface area contributed by atoms with E-state index in [1.807, 2.05) is 6.92 Å². The number of rotatable bonds is 14. The van der Waals surface area contributed by atoms with Gasteiger partial charge in [0.05, 0.1) is 32.2 Å². The summed E-state index contributed by atoms with van der Waals surface area (Å²) in [7, 11) is -7.77. The van der Waals surface area contributed by atoms with Crippen LogP contribution >= 0.6 is 15.2 Å². The molecule has 18 nitrogen and oxygen atoms in total. The second-order valence-electron chi connectivity index (χ2n) is 11.7. The van der Waals surface area contributed by atoms with E-state index in [2.05, 4.69) is 42.4 Å². The van der Waals surface area contributed by atoms with Crippen LogP contribution in [0.3, 0.4) is 0 Å². The molecule has 0 aromatic carbocycles. The molecule has 2 radical (unpaired) electrons. The summed E-state index contributed by atoms with van der Waals surface area (Å²) in [6.45, 7) is 20.4. The van der Waals surface area contributed by atoms with E-state index in [0.717, 1.165) is 5.69 Å². The van der Waals surface area contributed by atoms with Gasteiger partial charge >= 0.3 is 32.6 Å². The van der Waals surface area contributed by atoms with Gasteiger partial charge in [0.1, 0.15) is 11.2 Å². The molecule has 1 unspecified atom stereocenters. The largest absolute Gasteiger partial charge is 0.484 e. The Balaban J connectivity index is -0.000000754. The van der Waals surface area contributed by atoms with Crippen molar-refractivity contribution in [2.24, 2.45) is 0 Å². The molecule has 0 saturated carbocycles. The molecule has 0 aliphatic heterocycles. The number of ether oxygens (including phenoxy) is 2. The first-order valence-corrected chi connectivity index (χ1v) is 18.7. The van der Waals surface area contributed by atoms with Gasteiger partial charge in [0.25, 0.3) is 0 Å². The van der Waals surface area contributed by atoms with Gasteiger partial charge in [-0.25, -0.2) is 14.2 Å². The van der Waals surface area contributed by atoms with E-state index in [0.29, 0.717) is 11.5 Å². The maximum atomic E-state index is 13.0. The van der Waals surface area contributed by atoms with Crippen molar-refractivity contribution in [3.8, 4) is 0 Å². The number of esters is 2. The van der Waals surface area contributed by atoms with Crippen LogP contribution in [0.4, 0.5) is 11.6 Å². The first kappa shape index (κ1) is 54.9. The fourth-order valence-corrected chi connectivity index (χ4v) is 6.19. The summed E-state index contributed by atoms with van der Waals surface area (Å²) in [6.07, 6.45) is 8.25. The number of aromatic nitrogens is 4. The van der Waals surface area contributed by atoms with Crippen LogP contribution in [-0.2, 0) is 112 Å². The van der Waals surface area contributed by atoms with E-state index in [-0.39, 0.29) is 97.7 Å². The molecule has 0 aliphatic carbocycles. The summed E-state index contributed by atoms with van der Waals surface area (Å²) in [4.78, 5) is 42.5. The number of carbonyl (C=O) groups excluding carboxylic acids is 2. The SMILES string of the molecule is CCOP(=O)(OCC)C(=[N+]=[N-])C(=O)OC(C)(C)C.CCOP(=O)(OCC)C(Nc1[c-]nc(C)cn1)C(=O)OC(C)(C)C.Cc1cnc(N)[c-]n1.[Y].[Y]. The number of nitrogen functional groups attached to an aromatic ring is 1. The van der Waals surface area contributed by atoms with Crippen LogP contribution in [0.25, 0.3) is 5.53 Å². The van der Waals surface area contributed by atoms with Gasteiger partial charge in [-0.3, -0.25) is 14.5 Å². The molecular weight excluding hydrogens is 872 g/mol. The molecule has 22 heteroatoms. The quantitative estimate of drug-likeness (QED) is 0.0608. The minimum Gasteiger partial charge on any atom is -0.458 e. The summed E-state index contributed by atoms with van der Waals surface area (Å²) in [5.74, 6) is -2.67. The van der Waals surface area contributed by atoms with Gasteiger partial charge in [-0.15, -0.1) is 17.2 Å². The summed E-state index contributed by atoms with van der Waals surface area (Å²) >= 11 is 0. The Morgan fingerprint density at radius 2 is 1.27 bits per heavy atom. The van der Waals surface area contributed by atoms with Gasteiger partial charge in [-0.05, 0) is 81.6 Å². The van der Waals surface area contributed by atoms with Crippen molar-refractivity contribution in [2.75, 3.05) is 37.5 Å². The topological polar surface area (TPSA) is 250 Å². The van der Waals surface area contributed by atoms with Gasteiger partial charge in [0, 0.05) is 71.2 Å². The first-order chi connectivity index (χ1) is 23.1. The molecule has 0 fully saturated rings. The molecule has 52 heavy (non-hydrogen) atoms. The Morgan fingerprint density at radius 1 is 0.827 bits per heavy atom. The molecular formula is C30H50N8O10P2Y2-2. The van der Waals surface area contributed by atoms with Crippen LogP contribution in [0.2, 0.25) is 0 Å². The van der Waals surface area contributed by atoms with Crippen LogP contribution in [0.1, 0.15) is 80.6 Å². The summed E-state index contributed by atoms with van der Waals surface area (Å²) in [5, 5.41) is 2.72. The minimum atomic E-state index is -3.95. The third kappa shape index (κ3) is 22.1. The average Bonchev–Trinajstić information content (AvgIpc) is 2.98. The second-order valence-corrected chi connectivity index (χ2v) is 15.7. The number of aryl methyl sites for hydroxylation is 2. The van der Waals surface area contributed by atoms with Crippen molar-refractivity contribution in [1.29, 1.82) is 0 Å². The number of nitrogens with two attached hydrogens (primary N) is 1. The number of nitrogens with one attached hydrogen (secondary N) is 1. The van der Waals surface area contributed by atoms with Gasteiger partial charge in [-0.2, -0.15) is 0 Å². The van der Waals surface area contributed by atoms with E-state index in [1.54, 1.807) is 82.4 Å². The van der Waals surface area contributed by atoms with Crippen molar-refractivity contribution < 1.29 is 116 Å². The van der Waals surface area contributed by atoms with Crippen LogP contribution in [0.5, 0.6) is 0 Å². The molecule has 0 amide bonds. The molecule has 0 aliphatic rings. The standard InChI is InChI=1S/C15H25N3O5P.C10H19N2O5P.C5H6N3.2Y/c1-7-21-24(20,22-8-2)13(14(19)23-15(4,5)6)18-12-10-16-11(3)9-17-12;1-6-15-18(14,16-7-2)8(12-11)9(13)17-10(3,4)5;1-4-2-8-5(6)3-7-4;;/h9,13H,7-8H2,1-6H3,(H,17,18);6-7H2,1-5H3;2H,1H3,(H2,6,8);;/q-1;;-1;;. The number of nitrogens with zero attached hydrogens (tertiary/aromatic N) is 6. The number of carbonyl (C=O) groups is 2. The molecule has 3 N–H and O–H groups in total. The van der Waals surface area contributed by atoms with Crippen molar-refractivity contribution in [1.82, 2.24) is 19.9 Å². The number of anilines is 2. The third-order valence-electron chi connectivity index (χ3n) is 4.83. The van der Waals surface area contributed by atoms with Crippen LogP contribution in [0, 0.1) is 26.2 Å². The van der Waals surface area contributed by atoms with E-state index in [4.69, 9.17) is 38.8 Å². The third-order valence-corrected chi connectivity index (χ3v) is 9.02. The second kappa shape index (κ2) is 26.4. The van der Waals surface area contributed by atoms with Gasteiger partial charge < -0.3 is 54.1 Å². The van der Waals surface area contributed by atoms with Crippen molar-refractivity contribution >= 4 is 44.2 Å². The average molecular weight is 923 g/mol. The predicted octanol–water partition coefficient (Wildman–Crippen LogP) is 5.32. The molecule has 2 aromatic heterocycles. The zero-order valence-electron chi connectivity index (χ0n) is 32.0. The van der Waals surface area contributed by atoms with E-state index < -0.39 is 49.6 Å². The van der Waals surface area contributed by atoms with E-state index >= 15 is 0 Å². The van der Waals surface area contributed by atoms with Crippen LogP contribution in [0.15, 0.2) is 12.4 Å². The Morgan fingerprint density at radius 3 is 1.60 bits per heavy atom. The molecule has 0 bridgehead atoms. The molecule has 0 saturated heterocycles. The Bertz CT molecular complexity index is 1460. The molecule has 288 valence electrons. The molecule has 0 spiro atoms. The number of hydrogen-bond acceptors (Lipinski definition) is 16. The summed E-state index contributed by atoms with van der Waals surface area (Å²) in [5.41, 5.74) is 13.2. The molecule has 2 rings (SSSR count). The predicted molar refractivity (Wildman–Crippen MR) is 185 cm³/mol. The summed E-state index contributed by atoms with van der Waals surface area (Å²) < 4.78 is 55.9. The fraction of sp³-hybridized carbons (Fsp3) is 0.633. The van der Waals surface area contributed by atoms with Gasteiger partial charge in [0.15, 0.2) is 0 Å². The van der Waals surface area contributed by atoms with E-state index in [9.17, 15) is 18.7 Å². The zero-order chi connectivity index (χ0) is 38.8. The molecule has 2 heterocycles. The fourth-order valence-electron chi connectivity index (χ4n) is 3.12. The Labute approximate surface area is 357 Å². The normalized spacial score (nSPS) is 11.7. The van der Waals surface area contributed by atoms with Gasteiger partial charge in [-0.1, -0.05) is 25.2 Å². The molecule has 1 atom stereocenters. The zero-order valence-corrected chi connectivity index (χ0v) is 39.4. The Kier molecular flexibility index (Phi) is 27.9. The van der Waals surface area contributed by atoms with Crippen LogP contribution in [-0.4, -0.2) is 85.5 Å². The van der Waals surface area contributed by atoms with Gasteiger partial charge in [0.2, 0.25) is 5.78 Å². The Hall–Kier alpha value is -1.41. The van der Waals surface area contributed by atoms with Crippen molar-refractivity contribution in [2.45, 2.75) is 100 Å². The van der Waals surface area contributed by atoms with Crippen molar-refractivity contribution in [3.63, 3.8) is 0 Å². The monoisotopic (exact) mass is 922 g/mol. The maximum absolute atomic E-state index is 13.0. The van der Waals surface area contributed by atoms with Crippen LogP contribution < -0.4 is 11.1 Å². The smallest absolute Gasteiger partial charge is 0.458 e. The summed E-state index contributed by atoms with van der Waals surface area (Å²) in [6, 6.07) is 0. The number of hydrogen-bond donors (Lipinski definition) is 2.